The Hall–Kier alpha value is -0.830. The van der Waals surface area contributed by atoms with E-state index in [9.17, 15) is 4.79 Å². The van der Waals surface area contributed by atoms with Crippen molar-refractivity contribution in [1.82, 2.24) is 0 Å². The molecule has 0 fully saturated rings. The molecule has 0 aromatic carbocycles. The van der Waals surface area contributed by atoms with Gasteiger partial charge < -0.3 is 9.84 Å². The van der Waals surface area contributed by atoms with E-state index in [0.717, 1.165) is 0 Å². The molecule has 0 atom stereocenters. The summed E-state index contributed by atoms with van der Waals surface area (Å²) in [4.78, 5) is 10.2. The van der Waals surface area contributed by atoms with E-state index in [0.29, 0.717) is 0 Å². The lowest BCUT2D eigenvalue weighted by Gasteiger charge is -1.83. The topological polar surface area (TPSA) is 46.5 Å². The van der Waals surface area contributed by atoms with Gasteiger partial charge in [0.05, 0.1) is 13.4 Å². The Morgan fingerprint density at radius 3 is 2.88 bits per heavy atom. The van der Waals surface area contributed by atoms with Crippen LogP contribution in [-0.4, -0.2) is 24.6 Å². The molecule has 0 saturated carbocycles. The summed E-state index contributed by atoms with van der Waals surface area (Å²) in [5, 5.41) is 8.11. The van der Waals surface area contributed by atoms with Gasteiger partial charge in [-0.25, -0.2) is 0 Å². The molecule has 3 heteroatoms. The maximum absolute atomic E-state index is 10.2. The van der Waals surface area contributed by atoms with Crippen LogP contribution in [0, 0.1) is 0 Å². The second-order valence-electron chi connectivity index (χ2n) is 1.16. The van der Waals surface area contributed by atoms with Crippen molar-refractivity contribution in [3.63, 3.8) is 0 Å². The van der Waals surface area contributed by atoms with Crippen molar-refractivity contribution < 1.29 is 14.6 Å². The summed E-state index contributed by atoms with van der Waals surface area (Å²) in [5.74, 6) is -0.355. The number of rotatable bonds is 3. The summed E-state index contributed by atoms with van der Waals surface area (Å²) in [7, 11) is 1.43. The van der Waals surface area contributed by atoms with Crippen molar-refractivity contribution in [2.24, 2.45) is 0 Å². The third-order valence-corrected chi connectivity index (χ3v) is 0.546. The number of ether oxygens (including phenoxy) is 1. The molecule has 0 unspecified atom stereocenters. The summed E-state index contributed by atoms with van der Waals surface area (Å²) in [6.45, 7) is -0.458. The van der Waals surface area contributed by atoms with Gasteiger partial charge in [-0.15, -0.1) is 0 Å². The number of hydrogen-bond donors (Lipinski definition) is 1. The fourth-order valence-corrected chi connectivity index (χ4v) is 0.197. The van der Waals surface area contributed by atoms with E-state index in [1.54, 1.807) is 0 Å². The molecular weight excluding hydrogens is 108 g/mol. The lowest BCUT2D eigenvalue weighted by Crippen LogP contribution is -1.97. The van der Waals surface area contributed by atoms with Crippen molar-refractivity contribution in [1.29, 1.82) is 0 Å². The standard InChI is InChI=1S/C5H8O3/c1-8-3-2-5(7)4-6/h2-3,6H,4H2,1H3/b3-2+. The van der Waals surface area contributed by atoms with Crippen LogP contribution in [0.15, 0.2) is 12.3 Å². The summed E-state index contributed by atoms with van der Waals surface area (Å²) in [5.41, 5.74) is 0. The minimum absolute atomic E-state index is 0.355. The number of aliphatic hydroxyl groups is 1. The van der Waals surface area contributed by atoms with E-state index in [1.807, 2.05) is 0 Å². The van der Waals surface area contributed by atoms with Crippen molar-refractivity contribution >= 4 is 5.78 Å². The molecule has 0 aliphatic rings. The van der Waals surface area contributed by atoms with Crippen LogP contribution >= 0.6 is 0 Å². The summed E-state index contributed by atoms with van der Waals surface area (Å²) >= 11 is 0. The van der Waals surface area contributed by atoms with E-state index in [1.165, 1.54) is 19.4 Å². The first-order valence-electron chi connectivity index (χ1n) is 2.14. The van der Waals surface area contributed by atoms with E-state index in [-0.39, 0.29) is 5.78 Å². The highest BCUT2D eigenvalue weighted by Crippen LogP contribution is 1.74. The molecule has 8 heavy (non-hydrogen) atoms. The summed E-state index contributed by atoms with van der Waals surface area (Å²) in [6, 6.07) is 0. The SMILES string of the molecule is CO/C=C/C(=O)CO. The zero-order valence-corrected chi connectivity index (χ0v) is 4.63. The van der Waals surface area contributed by atoms with Gasteiger partial charge in [0.2, 0.25) is 0 Å². The molecule has 0 aliphatic carbocycles. The molecular formula is C5H8O3. The number of carbonyl (C=O) groups excluding carboxylic acids is 1. The molecule has 0 bridgehead atoms. The van der Waals surface area contributed by atoms with Gasteiger partial charge in [0.25, 0.3) is 0 Å². The van der Waals surface area contributed by atoms with Crippen LogP contribution in [0.5, 0.6) is 0 Å². The second-order valence-corrected chi connectivity index (χ2v) is 1.16. The molecule has 0 aliphatic heterocycles. The number of hydrogen-bond acceptors (Lipinski definition) is 3. The maximum atomic E-state index is 10.2. The minimum Gasteiger partial charge on any atom is -0.504 e. The summed E-state index contributed by atoms with van der Waals surface area (Å²) in [6.07, 6.45) is 2.39. The number of ketones is 1. The molecule has 0 radical (unpaired) electrons. The molecule has 0 aromatic heterocycles. The van der Waals surface area contributed by atoms with Gasteiger partial charge in [0.15, 0.2) is 5.78 Å². The highest BCUT2D eigenvalue weighted by atomic mass is 16.5. The third-order valence-electron chi connectivity index (χ3n) is 0.546. The van der Waals surface area contributed by atoms with Crippen molar-refractivity contribution in [3.05, 3.63) is 12.3 Å². The number of aliphatic hydroxyl groups excluding tert-OH is 1. The van der Waals surface area contributed by atoms with Crippen LogP contribution in [0.1, 0.15) is 0 Å². The van der Waals surface area contributed by atoms with Gasteiger partial charge in [-0.3, -0.25) is 4.79 Å². The largest absolute Gasteiger partial charge is 0.504 e. The van der Waals surface area contributed by atoms with Gasteiger partial charge in [0.1, 0.15) is 6.61 Å². The average Bonchev–Trinajstić information content (AvgIpc) is 1.83. The Kier molecular flexibility index (Phi) is 3.88. The van der Waals surface area contributed by atoms with Gasteiger partial charge >= 0.3 is 0 Å². The van der Waals surface area contributed by atoms with Crippen LogP contribution in [0.3, 0.4) is 0 Å². The lowest BCUT2D eigenvalue weighted by atomic mass is 10.4. The van der Waals surface area contributed by atoms with Gasteiger partial charge in [-0.2, -0.15) is 0 Å². The van der Waals surface area contributed by atoms with Crippen LogP contribution < -0.4 is 0 Å². The van der Waals surface area contributed by atoms with Gasteiger partial charge in [-0.05, 0) is 0 Å². The van der Waals surface area contributed by atoms with E-state index < -0.39 is 6.61 Å². The summed E-state index contributed by atoms with van der Waals surface area (Å²) < 4.78 is 4.40. The highest BCUT2D eigenvalue weighted by Gasteiger charge is 1.87. The molecule has 1 N–H and O–H groups in total. The van der Waals surface area contributed by atoms with Crippen LogP contribution in [0.2, 0.25) is 0 Å². The molecule has 46 valence electrons. The first-order chi connectivity index (χ1) is 3.81. The highest BCUT2D eigenvalue weighted by molar-refractivity contribution is 5.90. The molecule has 0 spiro atoms. The number of carbonyl (C=O) groups is 1. The van der Waals surface area contributed by atoms with Crippen molar-refractivity contribution in [2.45, 2.75) is 0 Å². The first-order valence-corrected chi connectivity index (χ1v) is 2.14. The van der Waals surface area contributed by atoms with Crippen LogP contribution in [-0.2, 0) is 9.53 Å². The van der Waals surface area contributed by atoms with Crippen LogP contribution in [0.25, 0.3) is 0 Å². The molecule has 0 aromatic rings. The fraction of sp³-hybridized carbons (Fsp3) is 0.400. The lowest BCUT2D eigenvalue weighted by molar-refractivity contribution is -0.117. The average molecular weight is 116 g/mol. The predicted octanol–water partition coefficient (Wildman–Crippen LogP) is -0.292. The number of methoxy groups -OCH3 is 1. The molecule has 3 nitrogen and oxygen atoms in total. The van der Waals surface area contributed by atoms with E-state index >= 15 is 0 Å². The minimum atomic E-state index is -0.458. The second kappa shape index (κ2) is 4.33. The monoisotopic (exact) mass is 116 g/mol. The van der Waals surface area contributed by atoms with E-state index in [2.05, 4.69) is 4.74 Å². The van der Waals surface area contributed by atoms with Crippen molar-refractivity contribution in [3.8, 4) is 0 Å². The first kappa shape index (κ1) is 7.17. The molecule has 0 heterocycles. The fourth-order valence-electron chi connectivity index (χ4n) is 0.197. The molecule has 0 rings (SSSR count). The zero-order valence-electron chi connectivity index (χ0n) is 4.63. The molecule has 0 amide bonds. The quantitative estimate of drug-likeness (QED) is 0.407. The molecule has 0 saturated heterocycles. The Labute approximate surface area is 47.6 Å². The predicted molar refractivity (Wildman–Crippen MR) is 28.2 cm³/mol. The van der Waals surface area contributed by atoms with Gasteiger partial charge in [-0.1, -0.05) is 0 Å². The van der Waals surface area contributed by atoms with Crippen molar-refractivity contribution in [2.75, 3.05) is 13.7 Å². The zero-order chi connectivity index (χ0) is 6.41. The Morgan fingerprint density at radius 1 is 1.88 bits per heavy atom. The normalized spacial score (nSPS) is 9.75. The van der Waals surface area contributed by atoms with Gasteiger partial charge in [0, 0.05) is 6.08 Å². The Morgan fingerprint density at radius 2 is 2.50 bits per heavy atom. The Balaban J connectivity index is 3.37. The third kappa shape index (κ3) is 3.36. The Bertz CT molecular complexity index is 95.8. The smallest absolute Gasteiger partial charge is 0.184 e. The maximum Gasteiger partial charge on any atom is 0.184 e. The van der Waals surface area contributed by atoms with Crippen LogP contribution in [0.4, 0.5) is 0 Å². The van der Waals surface area contributed by atoms with E-state index in [4.69, 9.17) is 5.11 Å².